The molecule has 0 saturated heterocycles. The van der Waals surface area contributed by atoms with Crippen LogP contribution in [0.15, 0.2) is 29.3 Å². The minimum atomic E-state index is -0.110. The van der Waals surface area contributed by atoms with Gasteiger partial charge in [0, 0.05) is 26.7 Å². The van der Waals surface area contributed by atoms with E-state index in [-0.39, 0.29) is 36.5 Å². The van der Waals surface area contributed by atoms with Crippen molar-refractivity contribution in [2.75, 3.05) is 26.7 Å². The highest BCUT2D eigenvalue weighted by Crippen LogP contribution is 2.42. The van der Waals surface area contributed by atoms with Crippen LogP contribution in [0.1, 0.15) is 45.1 Å². The van der Waals surface area contributed by atoms with Crippen LogP contribution in [0.4, 0.5) is 0 Å². The Labute approximate surface area is 179 Å². The molecule has 1 amide bonds. The highest BCUT2D eigenvalue weighted by Gasteiger charge is 2.34. The SMILES string of the molecule is CCNC(=O)COc1cccc(CNC(=NC)NCC2(CC)CCC2)c1.I. The van der Waals surface area contributed by atoms with E-state index in [1.54, 1.807) is 7.05 Å². The van der Waals surface area contributed by atoms with Crippen LogP contribution in [0.3, 0.4) is 0 Å². The molecule has 1 saturated carbocycles. The normalized spacial score (nSPS) is 15.1. The van der Waals surface area contributed by atoms with Gasteiger partial charge in [0.25, 0.3) is 5.91 Å². The van der Waals surface area contributed by atoms with Crippen LogP contribution in [0.25, 0.3) is 0 Å². The van der Waals surface area contributed by atoms with Crippen LogP contribution in [0.5, 0.6) is 5.75 Å². The summed E-state index contributed by atoms with van der Waals surface area (Å²) in [7, 11) is 1.79. The van der Waals surface area contributed by atoms with Crippen LogP contribution in [-0.2, 0) is 11.3 Å². The van der Waals surface area contributed by atoms with Crippen LogP contribution >= 0.6 is 24.0 Å². The fraction of sp³-hybridized carbons (Fsp3) is 0.600. The van der Waals surface area contributed by atoms with E-state index < -0.39 is 0 Å². The van der Waals surface area contributed by atoms with Crippen molar-refractivity contribution in [1.29, 1.82) is 0 Å². The van der Waals surface area contributed by atoms with Gasteiger partial charge in [-0.05, 0) is 49.3 Å². The van der Waals surface area contributed by atoms with E-state index in [1.165, 1.54) is 25.7 Å². The van der Waals surface area contributed by atoms with Gasteiger partial charge in [-0.15, -0.1) is 24.0 Å². The van der Waals surface area contributed by atoms with Gasteiger partial charge in [-0.25, -0.2) is 0 Å². The van der Waals surface area contributed by atoms with E-state index in [1.807, 2.05) is 31.2 Å². The lowest BCUT2D eigenvalue weighted by Gasteiger charge is -2.41. The number of guanidine groups is 1. The molecule has 0 bridgehead atoms. The fourth-order valence-electron chi connectivity index (χ4n) is 3.15. The Balaban J connectivity index is 0.00000364. The van der Waals surface area contributed by atoms with Crippen LogP contribution in [0.2, 0.25) is 0 Å². The molecule has 0 spiro atoms. The van der Waals surface area contributed by atoms with Gasteiger partial charge in [0.05, 0.1) is 0 Å². The molecule has 0 aliphatic heterocycles. The molecule has 152 valence electrons. The van der Waals surface area contributed by atoms with E-state index in [2.05, 4.69) is 27.9 Å². The van der Waals surface area contributed by atoms with Gasteiger partial charge in [0.1, 0.15) is 5.75 Å². The van der Waals surface area contributed by atoms with E-state index in [0.29, 0.717) is 24.3 Å². The second kappa shape index (κ2) is 12.0. The minimum absolute atomic E-state index is 0. The zero-order valence-corrected chi connectivity index (χ0v) is 19.0. The second-order valence-electron chi connectivity index (χ2n) is 6.88. The van der Waals surface area contributed by atoms with Crippen molar-refractivity contribution in [2.45, 2.75) is 46.1 Å². The van der Waals surface area contributed by atoms with Crippen molar-refractivity contribution in [3.05, 3.63) is 29.8 Å². The average Bonchev–Trinajstić information content (AvgIpc) is 2.62. The standard InChI is InChI=1S/C20H32N4O2.HI/c1-4-20(10-7-11-20)15-24-19(21-3)23-13-16-8-6-9-17(12-16)26-14-18(25)22-5-2;/h6,8-9,12H,4-5,7,10-11,13-15H2,1-3H3,(H,22,25)(H2,21,23,24);1H. The number of hydrogen-bond acceptors (Lipinski definition) is 3. The van der Waals surface area contributed by atoms with Gasteiger partial charge >= 0.3 is 0 Å². The van der Waals surface area contributed by atoms with E-state index in [4.69, 9.17) is 4.74 Å². The first-order valence-corrected chi connectivity index (χ1v) is 9.54. The summed E-state index contributed by atoms with van der Waals surface area (Å²) in [5.74, 6) is 1.40. The Kier molecular flexibility index (Phi) is 10.5. The molecular weight excluding hydrogens is 455 g/mol. The number of benzene rings is 1. The number of nitrogens with one attached hydrogen (secondary N) is 3. The van der Waals surface area contributed by atoms with Crippen molar-refractivity contribution in [2.24, 2.45) is 10.4 Å². The third kappa shape index (κ3) is 7.56. The van der Waals surface area contributed by atoms with Crippen LogP contribution in [0, 0.1) is 5.41 Å². The molecule has 0 aromatic heterocycles. The summed E-state index contributed by atoms with van der Waals surface area (Å²) < 4.78 is 5.54. The Morgan fingerprint density at radius 1 is 1.22 bits per heavy atom. The first-order valence-electron chi connectivity index (χ1n) is 9.54. The molecule has 3 N–H and O–H groups in total. The Hall–Kier alpha value is -1.51. The van der Waals surface area contributed by atoms with Gasteiger partial charge in [-0.1, -0.05) is 25.5 Å². The molecule has 27 heavy (non-hydrogen) atoms. The number of halogens is 1. The van der Waals surface area contributed by atoms with Crippen molar-refractivity contribution in [3.63, 3.8) is 0 Å². The fourth-order valence-corrected chi connectivity index (χ4v) is 3.15. The number of amides is 1. The van der Waals surface area contributed by atoms with Crippen molar-refractivity contribution in [1.82, 2.24) is 16.0 Å². The highest BCUT2D eigenvalue weighted by molar-refractivity contribution is 14.0. The van der Waals surface area contributed by atoms with Gasteiger partial charge < -0.3 is 20.7 Å². The van der Waals surface area contributed by atoms with Crippen LogP contribution in [-0.4, -0.2) is 38.6 Å². The lowest BCUT2D eigenvalue weighted by molar-refractivity contribution is -0.122. The Bertz CT molecular complexity index is 612. The molecular formula is C20H33IN4O2. The monoisotopic (exact) mass is 488 g/mol. The van der Waals surface area contributed by atoms with Crippen molar-refractivity contribution >= 4 is 35.8 Å². The number of likely N-dealkylation sites (N-methyl/N-ethyl adjacent to an activating group) is 1. The van der Waals surface area contributed by atoms with Gasteiger partial charge in [0.2, 0.25) is 0 Å². The minimum Gasteiger partial charge on any atom is -0.484 e. The maximum absolute atomic E-state index is 11.5. The molecule has 1 aliphatic carbocycles. The topological polar surface area (TPSA) is 74.8 Å². The van der Waals surface area contributed by atoms with Crippen molar-refractivity contribution < 1.29 is 9.53 Å². The zero-order chi connectivity index (χ0) is 18.8. The molecule has 0 atom stereocenters. The second-order valence-corrected chi connectivity index (χ2v) is 6.88. The van der Waals surface area contributed by atoms with E-state index in [0.717, 1.165) is 18.1 Å². The molecule has 1 aromatic carbocycles. The summed E-state index contributed by atoms with van der Waals surface area (Å²) in [5.41, 5.74) is 1.53. The van der Waals surface area contributed by atoms with Crippen molar-refractivity contribution in [3.8, 4) is 5.75 Å². The summed E-state index contributed by atoms with van der Waals surface area (Å²) >= 11 is 0. The summed E-state index contributed by atoms with van der Waals surface area (Å²) in [6, 6.07) is 7.76. The molecule has 0 radical (unpaired) electrons. The summed E-state index contributed by atoms with van der Waals surface area (Å²) in [6.45, 7) is 6.42. The molecule has 6 nitrogen and oxygen atoms in total. The number of aliphatic imine (C=N–C) groups is 1. The number of hydrogen-bond donors (Lipinski definition) is 3. The first-order chi connectivity index (χ1) is 12.6. The molecule has 1 aromatic rings. The van der Waals surface area contributed by atoms with Gasteiger partial charge in [-0.3, -0.25) is 9.79 Å². The maximum Gasteiger partial charge on any atom is 0.257 e. The van der Waals surface area contributed by atoms with E-state index in [9.17, 15) is 4.79 Å². The zero-order valence-electron chi connectivity index (χ0n) is 16.6. The Morgan fingerprint density at radius 2 is 2.00 bits per heavy atom. The lowest BCUT2D eigenvalue weighted by atomic mass is 9.67. The number of rotatable bonds is 9. The molecule has 7 heteroatoms. The molecule has 1 aliphatic rings. The number of carbonyl (C=O) groups is 1. The summed E-state index contributed by atoms with van der Waals surface area (Å²) in [5, 5.41) is 9.52. The summed E-state index contributed by atoms with van der Waals surface area (Å²) in [4.78, 5) is 15.8. The van der Waals surface area contributed by atoms with E-state index >= 15 is 0 Å². The van der Waals surface area contributed by atoms with Gasteiger partial charge in [0.15, 0.2) is 12.6 Å². The number of ether oxygens (including phenoxy) is 1. The Morgan fingerprint density at radius 3 is 2.59 bits per heavy atom. The first kappa shape index (κ1) is 23.5. The highest BCUT2D eigenvalue weighted by atomic mass is 127. The maximum atomic E-state index is 11.5. The quantitative estimate of drug-likeness (QED) is 0.284. The predicted octanol–water partition coefficient (Wildman–Crippen LogP) is 3.06. The lowest BCUT2D eigenvalue weighted by Crippen LogP contribution is -2.46. The third-order valence-electron chi connectivity index (χ3n) is 5.12. The molecule has 0 heterocycles. The number of carbonyl (C=O) groups excluding carboxylic acids is 1. The molecule has 0 unspecified atom stereocenters. The van der Waals surface area contributed by atoms with Gasteiger partial charge in [-0.2, -0.15) is 0 Å². The average molecular weight is 488 g/mol. The summed E-state index contributed by atoms with van der Waals surface area (Å²) in [6.07, 6.45) is 5.16. The predicted molar refractivity (Wildman–Crippen MR) is 121 cm³/mol. The molecule has 2 rings (SSSR count). The third-order valence-corrected chi connectivity index (χ3v) is 5.12. The van der Waals surface area contributed by atoms with Crippen LogP contribution < -0.4 is 20.7 Å². The molecule has 1 fully saturated rings. The smallest absolute Gasteiger partial charge is 0.257 e. The number of nitrogens with zero attached hydrogens (tertiary/aromatic N) is 1. The largest absolute Gasteiger partial charge is 0.484 e.